The van der Waals surface area contributed by atoms with E-state index in [0.29, 0.717) is 5.75 Å². The first-order valence-corrected chi connectivity index (χ1v) is 13.0. The predicted octanol–water partition coefficient (Wildman–Crippen LogP) is 4.52. The summed E-state index contributed by atoms with van der Waals surface area (Å²) in [5.41, 5.74) is 0.767. The second kappa shape index (κ2) is 18.3. The van der Waals surface area contributed by atoms with E-state index in [-0.39, 0.29) is 44.0 Å². The van der Waals surface area contributed by atoms with Crippen LogP contribution in [-0.4, -0.2) is 48.3 Å². The molecule has 0 aromatic heterocycles. The molecule has 0 spiro atoms. The molecule has 9 heteroatoms. The molecule has 2 atom stereocenters. The van der Waals surface area contributed by atoms with E-state index in [0.717, 1.165) is 50.5 Å². The number of aliphatic hydroxyl groups is 1. The van der Waals surface area contributed by atoms with E-state index in [9.17, 15) is 19.2 Å². The van der Waals surface area contributed by atoms with Gasteiger partial charge in [-0.2, -0.15) is 0 Å². The molecule has 1 rings (SSSR count). The van der Waals surface area contributed by atoms with Crippen molar-refractivity contribution < 1.29 is 43.2 Å². The molecule has 0 fully saturated rings. The molecule has 0 aliphatic heterocycles. The Morgan fingerprint density at radius 3 is 1.89 bits per heavy atom. The molecule has 2 unspecified atom stereocenters. The number of hydrogen-bond donors (Lipinski definition) is 1. The zero-order valence-electron chi connectivity index (χ0n) is 22.5. The van der Waals surface area contributed by atoms with Crippen LogP contribution >= 0.6 is 0 Å². The van der Waals surface area contributed by atoms with Crippen molar-refractivity contribution in [2.24, 2.45) is 11.8 Å². The predicted molar refractivity (Wildman–Crippen MR) is 136 cm³/mol. The van der Waals surface area contributed by atoms with Crippen molar-refractivity contribution in [2.75, 3.05) is 13.2 Å². The van der Waals surface area contributed by atoms with Gasteiger partial charge in [0.25, 0.3) is 0 Å². The van der Waals surface area contributed by atoms with Crippen LogP contribution in [0.15, 0.2) is 24.3 Å². The van der Waals surface area contributed by atoms with Crippen molar-refractivity contribution in [1.29, 1.82) is 0 Å². The van der Waals surface area contributed by atoms with Crippen LogP contribution in [0, 0.1) is 11.8 Å². The lowest BCUT2D eigenvalue weighted by Gasteiger charge is -2.18. The first-order chi connectivity index (χ1) is 17.6. The number of carbonyl (C=O) groups is 4. The van der Waals surface area contributed by atoms with Crippen molar-refractivity contribution in [3.63, 3.8) is 0 Å². The molecule has 1 aromatic rings. The number of esters is 4. The highest BCUT2D eigenvalue weighted by Gasteiger charge is 2.20. The Balaban J connectivity index is 2.17. The molecule has 0 aliphatic carbocycles. The number of benzene rings is 1. The first kappa shape index (κ1) is 32.1. The number of unbranched alkanes of at least 4 members (excludes halogenated alkanes) is 4. The smallest absolute Gasteiger partial charge is 0.314 e. The Bertz CT molecular complexity index is 817. The lowest BCUT2D eigenvalue weighted by Crippen LogP contribution is -2.30. The molecule has 0 amide bonds. The maximum absolute atomic E-state index is 12.2. The van der Waals surface area contributed by atoms with Gasteiger partial charge < -0.3 is 24.1 Å². The fourth-order valence-corrected chi connectivity index (χ4v) is 3.63. The highest BCUT2D eigenvalue weighted by molar-refractivity contribution is 5.74. The highest BCUT2D eigenvalue weighted by atomic mass is 16.6. The molecule has 0 bridgehead atoms. The molecule has 9 nitrogen and oxygen atoms in total. The molecule has 0 heterocycles. The Labute approximate surface area is 219 Å². The van der Waals surface area contributed by atoms with E-state index < -0.39 is 24.0 Å². The molecule has 1 N–H and O–H groups in total. The van der Waals surface area contributed by atoms with Gasteiger partial charge in [-0.1, -0.05) is 64.5 Å². The molecular formula is C28H42O9. The molecule has 0 aliphatic rings. The van der Waals surface area contributed by atoms with Crippen LogP contribution in [-0.2, 0) is 40.0 Å². The van der Waals surface area contributed by atoms with Gasteiger partial charge in [0.2, 0.25) is 0 Å². The molecule has 1 aromatic carbocycles. The minimum absolute atomic E-state index is 0.0471. The van der Waals surface area contributed by atoms with Gasteiger partial charge in [-0.3, -0.25) is 19.2 Å². The average molecular weight is 523 g/mol. The van der Waals surface area contributed by atoms with Gasteiger partial charge in [0.15, 0.2) is 6.10 Å². The van der Waals surface area contributed by atoms with Crippen LogP contribution in [0.2, 0.25) is 0 Å². The summed E-state index contributed by atoms with van der Waals surface area (Å²) in [6.07, 6.45) is 6.09. The number of carbonyl (C=O) groups excluding carboxylic acids is 4. The molecule has 0 saturated carbocycles. The van der Waals surface area contributed by atoms with E-state index in [1.165, 1.54) is 13.8 Å². The van der Waals surface area contributed by atoms with E-state index in [1.807, 2.05) is 13.8 Å². The topological polar surface area (TPSA) is 125 Å². The standard InChI is InChI=1S/C28H42O9/c1-20(16-27(32)36-26(18-34-22(3)30)19-35-23(4)31)10-8-6-5-7-9-11-21(2)28(33)37-25-14-12-24(17-29)13-15-25/h12-15,20-21,26,29H,5-11,16-19H2,1-4H3. The minimum atomic E-state index is -0.820. The lowest BCUT2D eigenvalue weighted by molar-refractivity contribution is -0.166. The fourth-order valence-electron chi connectivity index (χ4n) is 3.63. The Hall–Kier alpha value is -2.94. The van der Waals surface area contributed by atoms with E-state index in [1.54, 1.807) is 24.3 Å². The zero-order valence-corrected chi connectivity index (χ0v) is 22.5. The SMILES string of the molecule is CC(=O)OCC(COC(C)=O)OC(=O)CC(C)CCCCCCCC(C)C(=O)Oc1ccc(CO)cc1. The summed E-state index contributed by atoms with van der Waals surface area (Å²) in [6, 6.07) is 6.82. The van der Waals surface area contributed by atoms with E-state index in [4.69, 9.17) is 24.1 Å². The summed E-state index contributed by atoms with van der Waals surface area (Å²) in [5.74, 6) is -1.24. The highest BCUT2D eigenvalue weighted by Crippen LogP contribution is 2.19. The summed E-state index contributed by atoms with van der Waals surface area (Å²) in [6.45, 7) is 6.00. The van der Waals surface area contributed by atoms with Gasteiger partial charge in [-0.25, -0.2) is 0 Å². The van der Waals surface area contributed by atoms with Gasteiger partial charge in [0.1, 0.15) is 19.0 Å². The van der Waals surface area contributed by atoms with Crippen LogP contribution in [0.25, 0.3) is 0 Å². The van der Waals surface area contributed by atoms with Crippen molar-refractivity contribution in [3.8, 4) is 5.75 Å². The number of ether oxygens (including phenoxy) is 4. The van der Waals surface area contributed by atoms with Crippen LogP contribution < -0.4 is 4.74 Å². The number of rotatable bonds is 18. The molecule has 0 saturated heterocycles. The van der Waals surface area contributed by atoms with Crippen molar-refractivity contribution in [3.05, 3.63) is 29.8 Å². The minimum Gasteiger partial charge on any atom is -0.462 e. The van der Waals surface area contributed by atoms with E-state index in [2.05, 4.69) is 0 Å². The monoisotopic (exact) mass is 522 g/mol. The second-order valence-corrected chi connectivity index (χ2v) is 9.50. The summed E-state index contributed by atoms with van der Waals surface area (Å²) < 4.78 is 20.5. The second-order valence-electron chi connectivity index (χ2n) is 9.50. The third kappa shape index (κ3) is 15.7. The van der Waals surface area contributed by atoms with Crippen LogP contribution in [0.3, 0.4) is 0 Å². The third-order valence-corrected chi connectivity index (χ3v) is 5.82. The van der Waals surface area contributed by atoms with Crippen molar-refractivity contribution in [2.45, 2.75) is 91.8 Å². The van der Waals surface area contributed by atoms with Gasteiger partial charge in [0.05, 0.1) is 12.5 Å². The largest absolute Gasteiger partial charge is 0.462 e. The molecule has 0 radical (unpaired) electrons. The van der Waals surface area contributed by atoms with Crippen molar-refractivity contribution >= 4 is 23.9 Å². The van der Waals surface area contributed by atoms with Gasteiger partial charge >= 0.3 is 23.9 Å². The molecule has 208 valence electrons. The molecule has 37 heavy (non-hydrogen) atoms. The fraction of sp³-hybridized carbons (Fsp3) is 0.643. The summed E-state index contributed by atoms with van der Waals surface area (Å²) in [5, 5.41) is 9.07. The van der Waals surface area contributed by atoms with Crippen LogP contribution in [0.5, 0.6) is 5.75 Å². The number of hydrogen-bond acceptors (Lipinski definition) is 9. The van der Waals surface area contributed by atoms with Crippen LogP contribution in [0.1, 0.15) is 84.6 Å². The van der Waals surface area contributed by atoms with Crippen molar-refractivity contribution in [1.82, 2.24) is 0 Å². The Morgan fingerprint density at radius 1 is 0.811 bits per heavy atom. The zero-order chi connectivity index (χ0) is 27.6. The number of aliphatic hydroxyl groups excluding tert-OH is 1. The van der Waals surface area contributed by atoms with Crippen LogP contribution in [0.4, 0.5) is 0 Å². The molecular weight excluding hydrogens is 480 g/mol. The maximum atomic E-state index is 12.2. The summed E-state index contributed by atoms with van der Waals surface area (Å²) in [7, 11) is 0. The maximum Gasteiger partial charge on any atom is 0.314 e. The first-order valence-electron chi connectivity index (χ1n) is 13.0. The Kier molecular flexibility index (Phi) is 15.9. The van der Waals surface area contributed by atoms with Gasteiger partial charge in [-0.15, -0.1) is 0 Å². The Morgan fingerprint density at radius 2 is 1.35 bits per heavy atom. The van der Waals surface area contributed by atoms with Gasteiger partial charge in [-0.05, 0) is 30.0 Å². The summed E-state index contributed by atoms with van der Waals surface area (Å²) in [4.78, 5) is 46.5. The quantitative estimate of drug-likeness (QED) is 0.128. The third-order valence-electron chi connectivity index (χ3n) is 5.82. The summed E-state index contributed by atoms with van der Waals surface area (Å²) >= 11 is 0. The van der Waals surface area contributed by atoms with E-state index >= 15 is 0 Å². The lowest BCUT2D eigenvalue weighted by atomic mass is 9.98. The van der Waals surface area contributed by atoms with Gasteiger partial charge in [0, 0.05) is 20.3 Å². The normalized spacial score (nSPS) is 12.5. The average Bonchev–Trinajstić information content (AvgIpc) is 2.85.